The quantitative estimate of drug-likeness (QED) is 0.776. The molecule has 0 spiro atoms. The van der Waals surface area contributed by atoms with Crippen LogP contribution in [0.2, 0.25) is 0 Å². The van der Waals surface area contributed by atoms with Crippen molar-refractivity contribution in [3.05, 3.63) is 41.2 Å². The van der Waals surface area contributed by atoms with Crippen molar-refractivity contribution in [2.75, 3.05) is 31.1 Å². The van der Waals surface area contributed by atoms with Gasteiger partial charge in [-0.25, -0.2) is 19.3 Å². The third-order valence-corrected chi connectivity index (χ3v) is 5.48. The van der Waals surface area contributed by atoms with Gasteiger partial charge in [-0.15, -0.1) is 0 Å². The minimum atomic E-state index is -0.278. The van der Waals surface area contributed by atoms with Crippen LogP contribution < -0.4 is 9.64 Å². The maximum absolute atomic E-state index is 14.7. The van der Waals surface area contributed by atoms with Gasteiger partial charge < -0.3 is 9.64 Å². The average molecular weight is 402 g/mol. The van der Waals surface area contributed by atoms with Crippen LogP contribution in [0.1, 0.15) is 57.1 Å². The molecule has 2 aromatic heterocycles. The molecular formula is C22H32FN5O. The first kappa shape index (κ1) is 21.4. The summed E-state index contributed by atoms with van der Waals surface area (Å²) in [7, 11) is 0. The van der Waals surface area contributed by atoms with Gasteiger partial charge in [-0.3, -0.25) is 4.90 Å². The molecule has 158 valence electrons. The van der Waals surface area contributed by atoms with Crippen molar-refractivity contribution in [1.82, 2.24) is 19.9 Å². The molecule has 0 saturated carbocycles. The van der Waals surface area contributed by atoms with E-state index in [0.29, 0.717) is 18.1 Å². The number of fused-ring (bicyclic) bond motifs is 1. The number of hydrogen-bond donors (Lipinski definition) is 0. The van der Waals surface area contributed by atoms with Gasteiger partial charge in [-0.2, -0.15) is 0 Å². The summed E-state index contributed by atoms with van der Waals surface area (Å²) in [4.78, 5) is 18.0. The lowest BCUT2D eigenvalue weighted by Gasteiger charge is -2.42. The summed E-state index contributed by atoms with van der Waals surface area (Å²) >= 11 is 0. The Hall–Kier alpha value is -2.28. The van der Waals surface area contributed by atoms with E-state index in [2.05, 4.69) is 31.7 Å². The summed E-state index contributed by atoms with van der Waals surface area (Å²) in [5.74, 6) is 1.08. The van der Waals surface area contributed by atoms with E-state index in [1.54, 1.807) is 0 Å². The normalized spacial score (nSPS) is 20.2. The number of piperazine rings is 1. The molecule has 0 aliphatic carbocycles. The molecule has 1 unspecified atom stereocenters. The first-order valence-electron chi connectivity index (χ1n) is 10.6. The second-order valence-corrected chi connectivity index (χ2v) is 7.52. The summed E-state index contributed by atoms with van der Waals surface area (Å²) in [6, 6.07) is 1.66. The van der Waals surface area contributed by atoms with Gasteiger partial charge in [0.2, 0.25) is 5.95 Å². The summed E-state index contributed by atoms with van der Waals surface area (Å²) in [6.07, 6.45) is 5.47. The predicted molar refractivity (Wildman–Crippen MR) is 113 cm³/mol. The molecule has 1 saturated heterocycles. The molecular weight excluding hydrogens is 369 g/mol. The van der Waals surface area contributed by atoms with Crippen LogP contribution in [0.3, 0.4) is 0 Å². The number of nitrogens with zero attached hydrogens (tertiary/aromatic N) is 5. The van der Waals surface area contributed by atoms with Gasteiger partial charge in [-0.05, 0) is 39.2 Å². The summed E-state index contributed by atoms with van der Waals surface area (Å²) in [5.41, 5.74) is 2.45. The number of anilines is 1. The molecule has 1 fully saturated rings. The lowest BCUT2D eigenvalue weighted by atomic mass is 10.1. The highest BCUT2D eigenvalue weighted by Gasteiger charge is 2.31. The molecule has 6 nitrogen and oxygen atoms in total. The summed E-state index contributed by atoms with van der Waals surface area (Å²) in [6.45, 7) is 13.3. The number of hydrogen-bond acceptors (Lipinski definition) is 6. The van der Waals surface area contributed by atoms with Crippen molar-refractivity contribution in [1.29, 1.82) is 0 Å². The highest BCUT2D eigenvalue weighted by molar-refractivity contribution is 5.34. The third-order valence-electron chi connectivity index (χ3n) is 5.48. The van der Waals surface area contributed by atoms with E-state index in [-0.39, 0.29) is 17.9 Å². The summed E-state index contributed by atoms with van der Waals surface area (Å²) < 4.78 is 20.2. The average Bonchev–Trinajstić information content (AvgIpc) is 2.74. The molecule has 2 atom stereocenters. The molecule has 2 aliphatic rings. The van der Waals surface area contributed by atoms with Crippen LogP contribution in [0, 0.1) is 12.7 Å². The standard InChI is InChI=1S/C20H26FN5O.C2H6/c1-13-10-22-20(23-11-13)25-6-7-26(14(2)12-25)15(3)19-16(21)9-18-17(24-19)5-4-8-27-18;1-2/h9-11,14-15H,4-8,12H2,1-3H3;1-2H3/t14?,15-;/m0./s1. The molecule has 2 aromatic rings. The molecule has 7 heteroatoms. The highest BCUT2D eigenvalue weighted by atomic mass is 19.1. The first-order chi connectivity index (χ1) is 14.0. The van der Waals surface area contributed by atoms with Crippen LogP contribution in [0.15, 0.2) is 18.5 Å². The van der Waals surface area contributed by atoms with Crippen molar-refractivity contribution >= 4 is 5.95 Å². The van der Waals surface area contributed by atoms with Crippen molar-refractivity contribution in [3.8, 4) is 5.75 Å². The maximum Gasteiger partial charge on any atom is 0.225 e. The number of pyridine rings is 1. The van der Waals surface area contributed by atoms with Crippen LogP contribution in [0.25, 0.3) is 0 Å². The van der Waals surface area contributed by atoms with Crippen LogP contribution in [-0.2, 0) is 6.42 Å². The Morgan fingerprint density at radius 2 is 1.93 bits per heavy atom. The van der Waals surface area contributed by atoms with E-state index in [0.717, 1.165) is 49.7 Å². The molecule has 0 bridgehead atoms. The van der Waals surface area contributed by atoms with Crippen LogP contribution in [0.4, 0.5) is 10.3 Å². The molecule has 0 aromatic carbocycles. The van der Waals surface area contributed by atoms with Crippen LogP contribution >= 0.6 is 0 Å². The zero-order chi connectivity index (χ0) is 21.0. The Balaban J connectivity index is 0.00000117. The third kappa shape index (κ3) is 4.66. The van der Waals surface area contributed by atoms with Gasteiger partial charge >= 0.3 is 0 Å². The Labute approximate surface area is 173 Å². The second-order valence-electron chi connectivity index (χ2n) is 7.52. The largest absolute Gasteiger partial charge is 0.492 e. The van der Waals surface area contributed by atoms with E-state index in [4.69, 9.17) is 4.74 Å². The Morgan fingerprint density at radius 1 is 1.21 bits per heavy atom. The lowest BCUT2D eigenvalue weighted by Crippen LogP contribution is -2.53. The van der Waals surface area contributed by atoms with Gasteiger partial charge in [0.25, 0.3) is 0 Å². The minimum Gasteiger partial charge on any atom is -0.492 e. The zero-order valence-corrected chi connectivity index (χ0v) is 18.2. The monoisotopic (exact) mass is 401 g/mol. The fourth-order valence-corrected chi connectivity index (χ4v) is 3.98. The van der Waals surface area contributed by atoms with Crippen molar-refractivity contribution in [3.63, 3.8) is 0 Å². The Bertz CT molecular complexity index is 814. The van der Waals surface area contributed by atoms with Crippen LogP contribution in [-0.4, -0.2) is 52.1 Å². The smallest absolute Gasteiger partial charge is 0.225 e. The maximum atomic E-state index is 14.7. The van der Waals surface area contributed by atoms with E-state index in [1.807, 2.05) is 40.1 Å². The number of halogens is 1. The topological polar surface area (TPSA) is 54.4 Å². The number of aromatic nitrogens is 3. The Morgan fingerprint density at radius 3 is 2.62 bits per heavy atom. The fourth-order valence-electron chi connectivity index (χ4n) is 3.98. The summed E-state index contributed by atoms with van der Waals surface area (Å²) in [5, 5.41) is 0. The van der Waals surface area contributed by atoms with Crippen LogP contribution in [0.5, 0.6) is 5.75 Å². The van der Waals surface area contributed by atoms with E-state index >= 15 is 0 Å². The highest BCUT2D eigenvalue weighted by Crippen LogP contribution is 2.31. The SMILES string of the molecule is CC.Cc1cnc(N2CCN([C@@H](C)c3nc4c(cc3F)OCCC4)C(C)C2)nc1. The predicted octanol–water partition coefficient (Wildman–Crippen LogP) is 3.94. The lowest BCUT2D eigenvalue weighted by molar-refractivity contribution is 0.132. The van der Waals surface area contributed by atoms with Gasteiger partial charge in [0.1, 0.15) is 11.6 Å². The molecule has 0 amide bonds. The zero-order valence-electron chi connectivity index (χ0n) is 18.2. The van der Waals surface area contributed by atoms with E-state index < -0.39 is 0 Å². The Kier molecular flexibility index (Phi) is 7.00. The second kappa shape index (κ2) is 9.48. The molecule has 4 rings (SSSR count). The van der Waals surface area contributed by atoms with Gasteiger partial charge in [0, 0.05) is 44.1 Å². The number of ether oxygens (including phenoxy) is 1. The van der Waals surface area contributed by atoms with Gasteiger partial charge in [-0.1, -0.05) is 13.8 Å². The molecule has 0 N–H and O–H groups in total. The van der Waals surface area contributed by atoms with Gasteiger partial charge in [0.05, 0.1) is 24.0 Å². The van der Waals surface area contributed by atoms with E-state index in [9.17, 15) is 4.39 Å². The van der Waals surface area contributed by atoms with Crippen molar-refractivity contribution in [2.45, 2.75) is 59.5 Å². The van der Waals surface area contributed by atoms with Gasteiger partial charge in [0.15, 0.2) is 0 Å². The molecule has 4 heterocycles. The fraction of sp³-hybridized carbons (Fsp3) is 0.591. The number of aryl methyl sites for hydroxylation is 2. The van der Waals surface area contributed by atoms with Crippen molar-refractivity contribution < 1.29 is 9.13 Å². The van der Waals surface area contributed by atoms with E-state index in [1.165, 1.54) is 6.07 Å². The molecule has 0 radical (unpaired) electrons. The van der Waals surface area contributed by atoms with Crippen molar-refractivity contribution in [2.24, 2.45) is 0 Å². The first-order valence-corrected chi connectivity index (χ1v) is 10.6. The number of rotatable bonds is 3. The molecule has 2 aliphatic heterocycles. The molecule has 29 heavy (non-hydrogen) atoms. The minimum absolute atomic E-state index is 0.0895.